The first-order valence-electron chi connectivity index (χ1n) is 5.40. The first-order chi connectivity index (χ1) is 7.67. The number of nitrogens with zero attached hydrogens (tertiary/aromatic N) is 1. The minimum atomic E-state index is 0.461. The highest BCUT2D eigenvalue weighted by Gasteiger charge is 2.06. The molecule has 0 radical (unpaired) electrons. The standard InChI is InChI=1S/C12H20N2O2/c1-9(8-15-3)6-14-11-5-10(2)13-7-12(11)16-4/h5,7,9H,6,8H2,1-4H3,(H,13,14). The van der Waals surface area contributed by atoms with Gasteiger partial charge in [0, 0.05) is 19.3 Å². The Morgan fingerprint density at radius 2 is 2.19 bits per heavy atom. The average molecular weight is 224 g/mol. The van der Waals surface area contributed by atoms with Crippen LogP contribution in [-0.2, 0) is 4.74 Å². The highest BCUT2D eigenvalue weighted by Crippen LogP contribution is 2.23. The lowest BCUT2D eigenvalue weighted by Crippen LogP contribution is -2.16. The summed E-state index contributed by atoms with van der Waals surface area (Å²) in [5, 5.41) is 3.34. The monoisotopic (exact) mass is 224 g/mol. The molecule has 0 amide bonds. The van der Waals surface area contributed by atoms with Gasteiger partial charge in [0.1, 0.15) is 0 Å². The van der Waals surface area contributed by atoms with Crippen molar-refractivity contribution >= 4 is 5.69 Å². The van der Waals surface area contributed by atoms with Crippen LogP contribution in [-0.4, -0.2) is 32.4 Å². The Morgan fingerprint density at radius 1 is 1.44 bits per heavy atom. The highest BCUT2D eigenvalue weighted by molar-refractivity contribution is 5.55. The van der Waals surface area contributed by atoms with Crippen LogP contribution in [0.25, 0.3) is 0 Å². The Kier molecular flexibility index (Phi) is 5.05. The quantitative estimate of drug-likeness (QED) is 0.803. The van der Waals surface area contributed by atoms with Crippen LogP contribution < -0.4 is 10.1 Å². The Hall–Kier alpha value is -1.29. The Bertz CT molecular complexity index is 329. The van der Waals surface area contributed by atoms with Gasteiger partial charge in [0.05, 0.1) is 25.6 Å². The Labute approximate surface area is 97.0 Å². The van der Waals surface area contributed by atoms with E-state index in [2.05, 4.69) is 17.2 Å². The van der Waals surface area contributed by atoms with E-state index in [9.17, 15) is 0 Å². The predicted molar refractivity (Wildman–Crippen MR) is 65.1 cm³/mol. The van der Waals surface area contributed by atoms with Crippen LogP contribution in [0.5, 0.6) is 5.75 Å². The molecule has 4 nitrogen and oxygen atoms in total. The maximum absolute atomic E-state index is 5.24. The van der Waals surface area contributed by atoms with Crippen LogP contribution in [0, 0.1) is 12.8 Å². The maximum atomic E-state index is 5.24. The first kappa shape index (κ1) is 12.8. The summed E-state index contributed by atoms with van der Waals surface area (Å²) in [6, 6.07) is 1.98. The van der Waals surface area contributed by atoms with Crippen LogP contribution in [0.4, 0.5) is 5.69 Å². The molecule has 1 aromatic rings. The van der Waals surface area contributed by atoms with Gasteiger partial charge in [0.25, 0.3) is 0 Å². The SMILES string of the molecule is COCC(C)CNc1cc(C)ncc1OC. The molecule has 0 aliphatic heterocycles. The van der Waals surface area contributed by atoms with Crippen molar-refractivity contribution in [2.45, 2.75) is 13.8 Å². The largest absolute Gasteiger partial charge is 0.493 e. The third-order valence-corrected chi connectivity index (χ3v) is 2.32. The number of ether oxygens (including phenoxy) is 2. The van der Waals surface area contributed by atoms with Crippen LogP contribution >= 0.6 is 0 Å². The van der Waals surface area contributed by atoms with Gasteiger partial charge in [-0.15, -0.1) is 0 Å². The maximum Gasteiger partial charge on any atom is 0.160 e. The summed E-state index contributed by atoms with van der Waals surface area (Å²) in [7, 11) is 3.36. The normalized spacial score (nSPS) is 12.2. The van der Waals surface area contributed by atoms with Crippen molar-refractivity contribution in [3.8, 4) is 5.75 Å². The number of anilines is 1. The number of aromatic nitrogens is 1. The van der Waals surface area contributed by atoms with E-state index in [0.29, 0.717) is 5.92 Å². The molecule has 0 aliphatic rings. The third-order valence-electron chi connectivity index (χ3n) is 2.32. The van der Waals surface area contributed by atoms with Crippen LogP contribution in [0.3, 0.4) is 0 Å². The fourth-order valence-electron chi connectivity index (χ4n) is 1.48. The van der Waals surface area contributed by atoms with Crippen molar-refractivity contribution < 1.29 is 9.47 Å². The van der Waals surface area contributed by atoms with Gasteiger partial charge in [-0.2, -0.15) is 0 Å². The molecule has 90 valence electrons. The van der Waals surface area contributed by atoms with Crippen molar-refractivity contribution in [1.82, 2.24) is 4.98 Å². The summed E-state index contributed by atoms with van der Waals surface area (Å²) in [6.45, 7) is 5.70. The van der Waals surface area contributed by atoms with Gasteiger partial charge in [0.15, 0.2) is 5.75 Å². The highest BCUT2D eigenvalue weighted by atomic mass is 16.5. The van der Waals surface area contributed by atoms with E-state index >= 15 is 0 Å². The van der Waals surface area contributed by atoms with Gasteiger partial charge in [-0.25, -0.2) is 0 Å². The summed E-state index contributed by atoms with van der Waals surface area (Å²) >= 11 is 0. The second-order valence-electron chi connectivity index (χ2n) is 3.97. The zero-order chi connectivity index (χ0) is 12.0. The van der Waals surface area contributed by atoms with E-state index in [0.717, 1.165) is 30.3 Å². The van der Waals surface area contributed by atoms with Crippen LogP contribution in [0.2, 0.25) is 0 Å². The number of methoxy groups -OCH3 is 2. The molecule has 4 heteroatoms. The molecule has 0 saturated heterocycles. The molecule has 0 fully saturated rings. The van der Waals surface area contributed by atoms with Crippen molar-refractivity contribution in [3.05, 3.63) is 18.0 Å². The summed E-state index contributed by atoms with van der Waals surface area (Å²) < 4.78 is 10.3. The number of pyridine rings is 1. The predicted octanol–water partition coefficient (Wildman–Crippen LogP) is 2.09. The molecule has 1 aromatic heterocycles. The summed E-state index contributed by atoms with van der Waals surface area (Å²) in [5.41, 5.74) is 1.96. The molecule has 0 bridgehead atoms. The van der Waals surface area contributed by atoms with Gasteiger partial charge >= 0.3 is 0 Å². The van der Waals surface area contributed by atoms with Gasteiger partial charge in [-0.05, 0) is 18.9 Å². The minimum absolute atomic E-state index is 0.461. The summed E-state index contributed by atoms with van der Waals surface area (Å²) in [6.07, 6.45) is 1.73. The second-order valence-corrected chi connectivity index (χ2v) is 3.97. The van der Waals surface area contributed by atoms with E-state index in [1.807, 2.05) is 13.0 Å². The molecule has 1 heterocycles. The lowest BCUT2D eigenvalue weighted by atomic mass is 10.2. The van der Waals surface area contributed by atoms with E-state index in [1.54, 1.807) is 20.4 Å². The van der Waals surface area contributed by atoms with Gasteiger partial charge in [-0.1, -0.05) is 6.92 Å². The van der Waals surface area contributed by atoms with E-state index < -0.39 is 0 Å². The molecule has 0 aromatic carbocycles. The molecule has 1 N–H and O–H groups in total. The zero-order valence-corrected chi connectivity index (χ0v) is 10.4. The second kappa shape index (κ2) is 6.33. The molecular formula is C12H20N2O2. The number of rotatable bonds is 6. The molecule has 1 rings (SSSR count). The van der Waals surface area contributed by atoms with Crippen LogP contribution in [0.1, 0.15) is 12.6 Å². The molecule has 1 atom stereocenters. The van der Waals surface area contributed by atoms with Gasteiger partial charge in [0.2, 0.25) is 0 Å². The van der Waals surface area contributed by atoms with Crippen molar-refractivity contribution in [3.63, 3.8) is 0 Å². The fourth-order valence-corrected chi connectivity index (χ4v) is 1.48. The van der Waals surface area contributed by atoms with E-state index in [1.165, 1.54) is 0 Å². The van der Waals surface area contributed by atoms with Crippen molar-refractivity contribution in [2.24, 2.45) is 5.92 Å². The molecule has 1 unspecified atom stereocenters. The third kappa shape index (κ3) is 3.70. The van der Waals surface area contributed by atoms with Gasteiger partial charge < -0.3 is 14.8 Å². The molecule has 0 spiro atoms. The summed E-state index contributed by atoms with van der Waals surface area (Å²) in [4.78, 5) is 4.18. The average Bonchev–Trinajstić information content (AvgIpc) is 2.27. The van der Waals surface area contributed by atoms with Gasteiger partial charge in [-0.3, -0.25) is 4.98 Å². The molecule has 0 aliphatic carbocycles. The smallest absolute Gasteiger partial charge is 0.160 e. The Morgan fingerprint density at radius 3 is 2.81 bits per heavy atom. The van der Waals surface area contributed by atoms with Crippen LogP contribution in [0.15, 0.2) is 12.3 Å². The van der Waals surface area contributed by atoms with Crippen molar-refractivity contribution in [2.75, 3.05) is 32.7 Å². The fraction of sp³-hybridized carbons (Fsp3) is 0.583. The topological polar surface area (TPSA) is 43.4 Å². The Balaban J connectivity index is 2.61. The minimum Gasteiger partial charge on any atom is -0.493 e. The molecule has 0 saturated carbocycles. The molecule has 16 heavy (non-hydrogen) atoms. The number of hydrogen-bond donors (Lipinski definition) is 1. The van der Waals surface area contributed by atoms with E-state index in [-0.39, 0.29) is 0 Å². The number of aryl methyl sites for hydroxylation is 1. The first-order valence-corrected chi connectivity index (χ1v) is 5.40. The number of nitrogens with one attached hydrogen (secondary N) is 1. The molecular weight excluding hydrogens is 204 g/mol. The number of hydrogen-bond acceptors (Lipinski definition) is 4. The van der Waals surface area contributed by atoms with Crippen molar-refractivity contribution in [1.29, 1.82) is 0 Å². The van der Waals surface area contributed by atoms with E-state index in [4.69, 9.17) is 9.47 Å². The lowest BCUT2D eigenvalue weighted by Gasteiger charge is -2.15. The lowest BCUT2D eigenvalue weighted by molar-refractivity contribution is 0.164. The summed E-state index contributed by atoms with van der Waals surface area (Å²) in [5.74, 6) is 1.23. The zero-order valence-electron chi connectivity index (χ0n) is 10.4.